The number of hydrogen-bond acceptors (Lipinski definition) is 1. The van der Waals surface area contributed by atoms with Gasteiger partial charge in [-0.25, -0.2) is 4.79 Å². The van der Waals surface area contributed by atoms with E-state index in [0.717, 1.165) is 5.57 Å². The van der Waals surface area contributed by atoms with Crippen LogP contribution in [0.1, 0.15) is 60.8 Å². The van der Waals surface area contributed by atoms with Crippen LogP contribution in [0.4, 0.5) is 0 Å². The minimum Gasteiger partial charge on any atom is -0.478 e. The molecule has 2 heteroatoms. The van der Waals surface area contributed by atoms with Crippen LogP contribution in [0.3, 0.4) is 0 Å². The number of hydrogen-bond donors (Lipinski definition) is 1. The summed E-state index contributed by atoms with van der Waals surface area (Å²) in [7, 11) is 0. The molecule has 0 saturated carbocycles. The van der Waals surface area contributed by atoms with Crippen molar-refractivity contribution in [2.24, 2.45) is 11.3 Å². The van der Waals surface area contributed by atoms with E-state index in [1.807, 2.05) is 12.2 Å². The molecular formula is C22H32O2. The summed E-state index contributed by atoms with van der Waals surface area (Å²) < 4.78 is 0. The Hall–Kier alpha value is -1.83. The Labute approximate surface area is 147 Å². The third-order valence-corrected chi connectivity index (χ3v) is 4.65. The standard InChI is InChI=1S/C22H32O2/c1-16(2)19(11-7-9-17(3)15-21(23)24)12-13-20-18(4)10-8-14-22(20,5)6/h7,9,11-13,15-16H,8,10,14H2,1-6H3,(H,23,24)/b9-7+,13-12+,17-15-,19-11+. The Morgan fingerprint density at radius 2 is 1.92 bits per heavy atom. The van der Waals surface area contributed by atoms with Gasteiger partial charge in [0.25, 0.3) is 0 Å². The molecule has 1 N–H and O–H groups in total. The Bertz CT molecular complexity index is 608. The molecule has 1 aliphatic rings. The SMILES string of the molecule is CC1=C(/C=C/C(=C\C=C\C(C)=C/C(=O)O)C(C)C)C(C)(C)CCC1. The van der Waals surface area contributed by atoms with E-state index in [1.165, 1.54) is 42.1 Å². The Balaban J connectivity index is 3.00. The van der Waals surface area contributed by atoms with E-state index in [2.05, 4.69) is 52.8 Å². The van der Waals surface area contributed by atoms with Crippen molar-refractivity contribution in [1.82, 2.24) is 0 Å². The first-order valence-corrected chi connectivity index (χ1v) is 8.81. The van der Waals surface area contributed by atoms with E-state index in [0.29, 0.717) is 5.92 Å². The molecule has 0 aromatic carbocycles. The summed E-state index contributed by atoms with van der Waals surface area (Å²) in [6.45, 7) is 13.1. The summed E-state index contributed by atoms with van der Waals surface area (Å²) in [6, 6.07) is 0. The average Bonchev–Trinajstić information content (AvgIpc) is 2.43. The van der Waals surface area contributed by atoms with Crippen molar-refractivity contribution in [1.29, 1.82) is 0 Å². The molecule has 24 heavy (non-hydrogen) atoms. The summed E-state index contributed by atoms with van der Waals surface area (Å²) in [6.07, 6.45) is 15.3. The molecule has 0 amide bonds. The van der Waals surface area contributed by atoms with Crippen LogP contribution >= 0.6 is 0 Å². The largest absolute Gasteiger partial charge is 0.478 e. The van der Waals surface area contributed by atoms with Gasteiger partial charge in [0, 0.05) is 6.08 Å². The summed E-state index contributed by atoms with van der Waals surface area (Å²) in [5.74, 6) is -0.491. The maximum Gasteiger partial charge on any atom is 0.328 e. The summed E-state index contributed by atoms with van der Waals surface area (Å²) in [4.78, 5) is 10.6. The molecule has 0 spiro atoms. The van der Waals surface area contributed by atoms with Crippen LogP contribution in [0.25, 0.3) is 0 Å². The lowest BCUT2D eigenvalue weighted by Crippen LogP contribution is -2.19. The predicted molar refractivity (Wildman–Crippen MR) is 103 cm³/mol. The maximum atomic E-state index is 10.6. The van der Waals surface area contributed by atoms with Gasteiger partial charge in [-0.1, -0.05) is 63.6 Å². The van der Waals surface area contributed by atoms with Crippen molar-refractivity contribution < 1.29 is 9.90 Å². The normalized spacial score (nSPS) is 19.8. The van der Waals surface area contributed by atoms with Crippen LogP contribution in [0.5, 0.6) is 0 Å². The van der Waals surface area contributed by atoms with Gasteiger partial charge in [-0.2, -0.15) is 0 Å². The highest BCUT2D eigenvalue weighted by Gasteiger charge is 2.26. The van der Waals surface area contributed by atoms with E-state index < -0.39 is 5.97 Å². The van der Waals surface area contributed by atoms with E-state index >= 15 is 0 Å². The number of carbonyl (C=O) groups is 1. The number of aliphatic carboxylic acids is 1. The van der Waals surface area contributed by atoms with Gasteiger partial charge in [-0.15, -0.1) is 0 Å². The molecule has 1 aliphatic carbocycles. The molecular weight excluding hydrogens is 296 g/mol. The lowest BCUT2D eigenvalue weighted by molar-refractivity contribution is -0.131. The average molecular weight is 328 g/mol. The second-order valence-corrected chi connectivity index (χ2v) is 7.67. The zero-order valence-electron chi connectivity index (χ0n) is 16.0. The monoisotopic (exact) mass is 328 g/mol. The fourth-order valence-corrected chi connectivity index (χ4v) is 3.18. The highest BCUT2D eigenvalue weighted by atomic mass is 16.4. The van der Waals surface area contributed by atoms with E-state index in [9.17, 15) is 4.79 Å². The molecule has 132 valence electrons. The zero-order valence-corrected chi connectivity index (χ0v) is 16.0. The van der Waals surface area contributed by atoms with Crippen molar-refractivity contribution in [3.05, 3.63) is 58.7 Å². The minimum atomic E-state index is -0.910. The van der Waals surface area contributed by atoms with Crippen LogP contribution in [-0.2, 0) is 4.79 Å². The van der Waals surface area contributed by atoms with Gasteiger partial charge < -0.3 is 5.11 Å². The van der Waals surface area contributed by atoms with Crippen LogP contribution in [0.2, 0.25) is 0 Å². The van der Waals surface area contributed by atoms with Crippen molar-refractivity contribution in [2.75, 3.05) is 0 Å². The summed E-state index contributed by atoms with van der Waals surface area (Å²) >= 11 is 0. The van der Waals surface area contributed by atoms with Crippen LogP contribution in [-0.4, -0.2) is 11.1 Å². The van der Waals surface area contributed by atoms with Gasteiger partial charge >= 0.3 is 5.97 Å². The highest BCUT2D eigenvalue weighted by molar-refractivity contribution is 5.81. The molecule has 0 fully saturated rings. The summed E-state index contributed by atoms with van der Waals surface area (Å²) in [5.41, 5.74) is 5.19. The maximum absolute atomic E-state index is 10.6. The first-order chi connectivity index (χ1) is 11.1. The molecule has 0 atom stereocenters. The first kappa shape index (κ1) is 20.2. The Morgan fingerprint density at radius 1 is 1.25 bits per heavy atom. The molecule has 0 unspecified atom stereocenters. The number of allylic oxidation sites excluding steroid dienone is 9. The van der Waals surface area contributed by atoms with Gasteiger partial charge in [0.2, 0.25) is 0 Å². The number of rotatable bonds is 6. The molecule has 2 nitrogen and oxygen atoms in total. The van der Waals surface area contributed by atoms with Crippen molar-refractivity contribution in [2.45, 2.75) is 60.8 Å². The quantitative estimate of drug-likeness (QED) is 0.463. The Kier molecular flexibility index (Phi) is 7.47. The third kappa shape index (κ3) is 6.35. The van der Waals surface area contributed by atoms with Gasteiger partial charge in [0.1, 0.15) is 0 Å². The lowest BCUT2D eigenvalue weighted by Gasteiger charge is -2.33. The van der Waals surface area contributed by atoms with E-state index in [4.69, 9.17) is 5.11 Å². The first-order valence-electron chi connectivity index (χ1n) is 8.81. The molecule has 0 aromatic heterocycles. The molecule has 0 saturated heterocycles. The second kappa shape index (κ2) is 8.86. The van der Waals surface area contributed by atoms with Crippen LogP contribution in [0, 0.1) is 11.3 Å². The molecule has 1 rings (SSSR count). The highest BCUT2D eigenvalue weighted by Crippen LogP contribution is 2.40. The van der Waals surface area contributed by atoms with Gasteiger partial charge in [-0.05, 0) is 61.2 Å². The smallest absolute Gasteiger partial charge is 0.328 e. The molecule has 0 radical (unpaired) electrons. The number of carboxylic acid groups (broad SMARTS) is 1. The van der Waals surface area contributed by atoms with Crippen LogP contribution in [0.15, 0.2) is 58.7 Å². The Morgan fingerprint density at radius 3 is 2.46 bits per heavy atom. The topological polar surface area (TPSA) is 37.3 Å². The third-order valence-electron chi connectivity index (χ3n) is 4.65. The van der Waals surface area contributed by atoms with Crippen LogP contribution < -0.4 is 0 Å². The van der Waals surface area contributed by atoms with E-state index in [1.54, 1.807) is 6.92 Å². The fourth-order valence-electron chi connectivity index (χ4n) is 3.18. The fraction of sp³-hybridized carbons (Fsp3) is 0.500. The van der Waals surface area contributed by atoms with Gasteiger partial charge in [0.15, 0.2) is 0 Å². The minimum absolute atomic E-state index is 0.248. The molecule has 0 bridgehead atoms. The van der Waals surface area contributed by atoms with Gasteiger partial charge in [0.05, 0.1) is 0 Å². The van der Waals surface area contributed by atoms with Crippen molar-refractivity contribution in [3.8, 4) is 0 Å². The van der Waals surface area contributed by atoms with Crippen molar-refractivity contribution in [3.63, 3.8) is 0 Å². The molecule has 0 heterocycles. The van der Waals surface area contributed by atoms with E-state index in [-0.39, 0.29) is 5.41 Å². The van der Waals surface area contributed by atoms with Gasteiger partial charge in [-0.3, -0.25) is 0 Å². The second-order valence-electron chi connectivity index (χ2n) is 7.67. The molecule has 0 aliphatic heterocycles. The number of carboxylic acids is 1. The molecule has 0 aromatic rings. The predicted octanol–water partition coefficient (Wildman–Crippen LogP) is 6.24. The summed E-state index contributed by atoms with van der Waals surface area (Å²) in [5, 5.41) is 8.74. The zero-order chi connectivity index (χ0) is 18.3. The lowest BCUT2D eigenvalue weighted by atomic mass is 9.72. The van der Waals surface area contributed by atoms with Crippen molar-refractivity contribution >= 4 is 5.97 Å².